The molecule has 0 radical (unpaired) electrons. The SMILES string of the molecule is CF.COc1ccc(-c2nc(C(=O)N3CCCC3)cn2-c2ccccn2)cn1. The average molecular weight is 383 g/mol. The summed E-state index contributed by atoms with van der Waals surface area (Å²) in [5.41, 5.74) is 1.21. The van der Waals surface area contributed by atoms with Crippen molar-refractivity contribution in [1.82, 2.24) is 24.4 Å². The summed E-state index contributed by atoms with van der Waals surface area (Å²) in [5.74, 6) is 1.81. The van der Waals surface area contributed by atoms with Crippen LogP contribution >= 0.6 is 0 Å². The number of halogens is 1. The first-order valence-corrected chi connectivity index (χ1v) is 8.94. The molecular formula is C20H22FN5O2. The number of carbonyl (C=O) groups is 1. The van der Waals surface area contributed by atoms with Gasteiger partial charge < -0.3 is 9.64 Å². The van der Waals surface area contributed by atoms with Crippen molar-refractivity contribution in [2.75, 3.05) is 27.4 Å². The van der Waals surface area contributed by atoms with Crippen molar-refractivity contribution >= 4 is 5.91 Å². The van der Waals surface area contributed by atoms with Crippen molar-refractivity contribution in [3.8, 4) is 23.1 Å². The van der Waals surface area contributed by atoms with Crippen LogP contribution in [0.2, 0.25) is 0 Å². The van der Waals surface area contributed by atoms with Crippen molar-refractivity contribution in [2.24, 2.45) is 0 Å². The number of methoxy groups -OCH3 is 1. The molecule has 0 atom stereocenters. The molecule has 1 aliphatic rings. The van der Waals surface area contributed by atoms with E-state index in [1.165, 1.54) is 0 Å². The van der Waals surface area contributed by atoms with Crippen LogP contribution in [0.3, 0.4) is 0 Å². The molecule has 4 heterocycles. The average Bonchev–Trinajstić information content (AvgIpc) is 3.46. The number of likely N-dealkylation sites (tertiary alicyclic amines) is 1. The van der Waals surface area contributed by atoms with Gasteiger partial charge in [0.05, 0.1) is 14.3 Å². The van der Waals surface area contributed by atoms with Crippen LogP contribution in [0.4, 0.5) is 4.39 Å². The van der Waals surface area contributed by atoms with E-state index in [1.54, 1.807) is 31.8 Å². The standard InChI is InChI=1S/C19H19N5O2.CH3F/c1-26-17-8-7-14(12-21-17)18-22-15(19(25)23-10-4-5-11-23)13-24(18)16-6-2-3-9-20-16;1-2/h2-3,6-9,12-13H,4-5,10-11H2,1H3;1H3. The van der Waals surface area contributed by atoms with Gasteiger partial charge in [-0.25, -0.2) is 15.0 Å². The van der Waals surface area contributed by atoms with Gasteiger partial charge in [0.1, 0.15) is 17.3 Å². The molecule has 0 bridgehead atoms. The van der Waals surface area contributed by atoms with Gasteiger partial charge in [-0.05, 0) is 31.0 Å². The Balaban J connectivity index is 0.00000109. The highest BCUT2D eigenvalue weighted by molar-refractivity contribution is 5.93. The molecule has 146 valence electrons. The Morgan fingerprint density at radius 3 is 2.50 bits per heavy atom. The summed E-state index contributed by atoms with van der Waals surface area (Å²) in [6.45, 7) is 1.57. The highest BCUT2D eigenvalue weighted by Crippen LogP contribution is 2.24. The second-order valence-electron chi connectivity index (χ2n) is 6.10. The second-order valence-corrected chi connectivity index (χ2v) is 6.10. The zero-order valence-electron chi connectivity index (χ0n) is 15.9. The third-order valence-corrected chi connectivity index (χ3v) is 4.42. The van der Waals surface area contributed by atoms with Crippen molar-refractivity contribution in [3.63, 3.8) is 0 Å². The summed E-state index contributed by atoms with van der Waals surface area (Å²) in [5, 5.41) is 0. The quantitative estimate of drug-likeness (QED) is 0.692. The Morgan fingerprint density at radius 1 is 1.11 bits per heavy atom. The van der Waals surface area contributed by atoms with E-state index in [1.807, 2.05) is 33.7 Å². The van der Waals surface area contributed by atoms with Gasteiger partial charge in [-0.2, -0.15) is 0 Å². The van der Waals surface area contributed by atoms with Gasteiger partial charge in [0.25, 0.3) is 5.91 Å². The fourth-order valence-electron chi connectivity index (χ4n) is 3.07. The van der Waals surface area contributed by atoms with E-state index in [9.17, 15) is 9.18 Å². The van der Waals surface area contributed by atoms with Crippen LogP contribution in [0, 0.1) is 0 Å². The largest absolute Gasteiger partial charge is 0.481 e. The van der Waals surface area contributed by atoms with Crippen molar-refractivity contribution < 1.29 is 13.9 Å². The second kappa shape index (κ2) is 9.07. The molecule has 0 unspecified atom stereocenters. The number of pyridine rings is 2. The first-order valence-electron chi connectivity index (χ1n) is 8.94. The third-order valence-electron chi connectivity index (χ3n) is 4.42. The molecule has 1 aliphatic heterocycles. The lowest BCUT2D eigenvalue weighted by Crippen LogP contribution is -2.27. The minimum atomic E-state index is -0.0418. The molecule has 4 rings (SSSR count). The number of hydrogen-bond acceptors (Lipinski definition) is 5. The van der Waals surface area contributed by atoms with E-state index in [-0.39, 0.29) is 5.91 Å². The monoisotopic (exact) mass is 383 g/mol. The maximum atomic E-state index is 12.8. The highest BCUT2D eigenvalue weighted by atomic mass is 19.1. The molecule has 0 aromatic carbocycles. The third kappa shape index (κ3) is 4.00. The molecule has 0 saturated carbocycles. The van der Waals surface area contributed by atoms with E-state index < -0.39 is 0 Å². The predicted octanol–water partition coefficient (Wildman–Crippen LogP) is 3.16. The molecule has 1 saturated heterocycles. The number of hydrogen-bond donors (Lipinski definition) is 0. The Kier molecular flexibility index (Phi) is 6.31. The van der Waals surface area contributed by atoms with Gasteiger partial charge in [-0.15, -0.1) is 0 Å². The number of rotatable bonds is 4. The number of amides is 1. The number of nitrogens with zero attached hydrogens (tertiary/aromatic N) is 5. The summed E-state index contributed by atoms with van der Waals surface area (Å²) in [6.07, 6.45) is 7.24. The van der Waals surface area contributed by atoms with Crippen LogP contribution in [0.15, 0.2) is 48.9 Å². The van der Waals surface area contributed by atoms with E-state index in [2.05, 4.69) is 15.0 Å². The van der Waals surface area contributed by atoms with Crippen LogP contribution in [-0.2, 0) is 0 Å². The minimum Gasteiger partial charge on any atom is -0.481 e. The number of imidazole rings is 1. The van der Waals surface area contributed by atoms with Crippen LogP contribution in [0.1, 0.15) is 23.3 Å². The topological polar surface area (TPSA) is 73.1 Å². The summed E-state index contributed by atoms with van der Waals surface area (Å²) < 4.78 is 16.4. The van der Waals surface area contributed by atoms with E-state index in [0.29, 0.717) is 30.4 Å². The smallest absolute Gasteiger partial charge is 0.274 e. The van der Waals surface area contributed by atoms with Gasteiger partial charge in [0.2, 0.25) is 5.88 Å². The normalized spacial score (nSPS) is 13.0. The van der Waals surface area contributed by atoms with Gasteiger partial charge >= 0.3 is 0 Å². The lowest BCUT2D eigenvalue weighted by molar-refractivity contribution is 0.0787. The van der Waals surface area contributed by atoms with Gasteiger partial charge in [-0.1, -0.05) is 6.07 Å². The number of aromatic nitrogens is 4. The molecule has 3 aromatic heterocycles. The van der Waals surface area contributed by atoms with Crippen molar-refractivity contribution in [1.29, 1.82) is 0 Å². The van der Waals surface area contributed by atoms with Crippen LogP contribution in [-0.4, -0.2) is 57.7 Å². The van der Waals surface area contributed by atoms with Crippen LogP contribution < -0.4 is 4.74 Å². The molecule has 28 heavy (non-hydrogen) atoms. The molecule has 3 aromatic rings. The fourth-order valence-corrected chi connectivity index (χ4v) is 3.07. The molecule has 8 heteroatoms. The Hall–Kier alpha value is -3.29. The zero-order chi connectivity index (χ0) is 19.9. The van der Waals surface area contributed by atoms with E-state index in [4.69, 9.17) is 4.74 Å². The first kappa shape index (κ1) is 19.5. The highest BCUT2D eigenvalue weighted by Gasteiger charge is 2.24. The van der Waals surface area contributed by atoms with E-state index >= 15 is 0 Å². The van der Waals surface area contributed by atoms with E-state index in [0.717, 1.165) is 31.5 Å². The lowest BCUT2D eigenvalue weighted by Gasteiger charge is -2.12. The Morgan fingerprint density at radius 2 is 1.89 bits per heavy atom. The van der Waals surface area contributed by atoms with Gasteiger partial charge in [0, 0.05) is 43.3 Å². The fraction of sp³-hybridized carbons (Fsp3) is 0.300. The minimum absolute atomic E-state index is 0.0418. The Bertz CT molecular complexity index is 906. The molecule has 0 N–H and O–H groups in total. The maximum absolute atomic E-state index is 12.8. The summed E-state index contributed by atoms with van der Waals surface area (Å²) >= 11 is 0. The summed E-state index contributed by atoms with van der Waals surface area (Å²) in [4.78, 5) is 27.9. The molecule has 1 amide bonds. The molecular weight excluding hydrogens is 361 g/mol. The first-order chi connectivity index (χ1) is 13.8. The number of ether oxygens (including phenoxy) is 1. The van der Waals surface area contributed by atoms with Crippen molar-refractivity contribution in [3.05, 3.63) is 54.6 Å². The number of alkyl halides is 1. The van der Waals surface area contributed by atoms with Crippen LogP contribution in [0.5, 0.6) is 5.88 Å². The van der Waals surface area contributed by atoms with Gasteiger partial charge in [0.15, 0.2) is 0 Å². The van der Waals surface area contributed by atoms with Crippen LogP contribution in [0.25, 0.3) is 17.2 Å². The molecule has 1 fully saturated rings. The molecule has 0 spiro atoms. The zero-order valence-corrected chi connectivity index (χ0v) is 15.9. The Labute approximate surface area is 162 Å². The molecule has 7 nitrogen and oxygen atoms in total. The number of carbonyl (C=O) groups excluding carboxylic acids is 1. The van der Waals surface area contributed by atoms with Crippen molar-refractivity contribution in [2.45, 2.75) is 12.8 Å². The summed E-state index contributed by atoms with van der Waals surface area (Å²) in [6, 6.07) is 9.28. The predicted molar refractivity (Wildman–Crippen MR) is 103 cm³/mol. The molecule has 0 aliphatic carbocycles. The summed E-state index contributed by atoms with van der Waals surface area (Å²) in [7, 11) is 2.07. The lowest BCUT2D eigenvalue weighted by atomic mass is 10.2. The van der Waals surface area contributed by atoms with Gasteiger partial charge in [-0.3, -0.25) is 13.8 Å². The maximum Gasteiger partial charge on any atom is 0.274 e.